The van der Waals surface area contributed by atoms with E-state index < -0.39 is 38.4 Å². The van der Waals surface area contributed by atoms with Crippen molar-refractivity contribution >= 4 is 21.8 Å². The van der Waals surface area contributed by atoms with Crippen molar-refractivity contribution in [2.75, 3.05) is 26.2 Å². The molecular weight excluding hydrogens is 544 g/mol. The molecule has 0 spiro atoms. The van der Waals surface area contributed by atoms with E-state index in [1.165, 1.54) is 28.6 Å². The SMILES string of the molecule is CC(C)N(CC1CN(Cc2ccccc2)CC1CN(C(C)C)S(=O)(=O)c1ccccc1[N+](=O)[O-])C(=O)OC(C)(C)C. The maximum absolute atomic E-state index is 13.9. The predicted octanol–water partition coefficient (Wildman–Crippen LogP) is 5.39. The molecular formula is C30H44N4O6S. The van der Waals surface area contributed by atoms with Crippen LogP contribution in [0.4, 0.5) is 10.5 Å². The highest BCUT2D eigenvalue weighted by molar-refractivity contribution is 7.89. The summed E-state index contributed by atoms with van der Waals surface area (Å²) in [5.74, 6) is -0.168. The fourth-order valence-corrected chi connectivity index (χ4v) is 7.11. The molecule has 10 nitrogen and oxygen atoms in total. The number of carbonyl (C=O) groups is 1. The van der Waals surface area contributed by atoms with E-state index in [2.05, 4.69) is 17.0 Å². The first kappa shape index (κ1) is 32.5. The van der Waals surface area contributed by atoms with E-state index in [0.717, 1.165) is 5.56 Å². The van der Waals surface area contributed by atoms with Crippen LogP contribution in [0.25, 0.3) is 0 Å². The largest absolute Gasteiger partial charge is 0.444 e. The molecule has 0 aliphatic carbocycles. The van der Waals surface area contributed by atoms with Gasteiger partial charge in [-0.05, 0) is 71.9 Å². The molecule has 0 saturated carbocycles. The molecule has 1 amide bonds. The molecule has 1 saturated heterocycles. The van der Waals surface area contributed by atoms with Gasteiger partial charge in [-0.2, -0.15) is 4.31 Å². The van der Waals surface area contributed by atoms with Gasteiger partial charge in [0.05, 0.1) is 4.92 Å². The van der Waals surface area contributed by atoms with Gasteiger partial charge in [0.1, 0.15) is 5.60 Å². The Bertz CT molecular complexity index is 1290. The summed E-state index contributed by atoms with van der Waals surface area (Å²) in [5.41, 5.74) is 0.0571. The number of nitro groups is 1. The zero-order valence-electron chi connectivity index (χ0n) is 25.2. The number of ether oxygens (including phenoxy) is 1. The molecule has 2 aromatic rings. The van der Waals surface area contributed by atoms with Crippen molar-refractivity contribution in [2.45, 2.75) is 77.6 Å². The van der Waals surface area contributed by atoms with Crippen LogP contribution in [0.3, 0.4) is 0 Å². The van der Waals surface area contributed by atoms with Crippen molar-refractivity contribution in [3.8, 4) is 0 Å². The highest BCUT2D eigenvalue weighted by atomic mass is 32.2. The smallest absolute Gasteiger partial charge is 0.410 e. The summed E-state index contributed by atoms with van der Waals surface area (Å²) >= 11 is 0. The zero-order chi connectivity index (χ0) is 30.5. The third kappa shape index (κ3) is 8.50. The van der Waals surface area contributed by atoms with Crippen LogP contribution in [0, 0.1) is 22.0 Å². The summed E-state index contributed by atoms with van der Waals surface area (Å²) in [6.45, 7) is 15.5. The Balaban J connectivity index is 1.94. The highest BCUT2D eigenvalue weighted by Gasteiger charge is 2.41. The van der Waals surface area contributed by atoms with Crippen molar-refractivity contribution in [3.63, 3.8) is 0 Å². The summed E-state index contributed by atoms with van der Waals surface area (Å²) in [7, 11) is -4.18. The predicted molar refractivity (Wildman–Crippen MR) is 159 cm³/mol. The number of hydrogen-bond donors (Lipinski definition) is 0. The third-order valence-corrected chi connectivity index (χ3v) is 9.31. The first-order chi connectivity index (χ1) is 19.1. The van der Waals surface area contributed by atoms with Crippen LogP contribution < -0.4 is 0 Å². The molecule has 0 radical (unpaired) electrons. The zero-order valence-corrected chi connectivity index (χ0v) is 26.0. The van der Waals surface area contributed by atoms with E-state index in [0.29, 0.717) is 26.2 Å². The minimum absolute atomic E-state index is 0.0455. The number of benzene rings is 2. The molecule has 226 valence electrons. The second-order valence-corrected chi connectivity index (χ2v) is 14.2. The van der Waals surface area contributed by atoms with Crippen molar-refractivity contribution in [2.24, 2.45) is 11.8 Å². The van der Waals surface area contributed by atoms with Gasteiger partial charge in [-0.3, -0.25) is 15.0 Å². The van der Waals surface area contributed by atoms with Crippen LogP contribution in [0.1, 0.15) is 54.0 Å². The van der Waals surface area contributed by atoms with E-state index in [1.54, 1.807) is 18.7 Å². The molecule has 0 bridgehead atoms. The number of amides is 1. The Morgan fingerprint density at radius 1 is 0.976 bits per heavy atom. The van der Waals surface area contributed by atoms with Gasteiger partial charge in [-0.1, -0.05) is 42.5 Å². The van der Waals surface area contributed by atoms with E-state index in [9.17, 15) is 23.3 Å². The molecule has 2 aromatic carbocycles. The lowest BCUT2D eigenvalue weighted by atomic mass is 9.94. The molecule has 1 heterocycles. The lowest BCUT2D eigenvalue weighted by molar-refractivity contribution is -0.387. The van der Waals surface area contributed by atoms with Crippen molar-refractivity contribution in [3.05, 3.63) is 70.3 Å². The van der Waals surface area contributed by atoms with Gasteiger partial charge in [-0.25, -0.2) is 13.2 Å². The molecule has 0 N–H and O–H groups in total. The minimum Gasteiger partial charge on any atom is -0.444 e. The third-order valence-electron chi connectivity index (χ3n) is 7.22. The Labute approximate surface area is 244 Å². The average molecular weight is 589 g/mol. The Hall–Kier alpha value is -3.02. The second kappa shape index (κ2) is 13.3. The quantitative estimate of drug-likeness (QED) is 0.256. The van der Waals surface area contributed by atoms with Gasteiger partial charge in [0.15, 0.2) is 4.90 Å². The lowest BCUT2D eigenvalue weighted by Crippen LogP contribution is -2.47. The lowest BCUT2D eigenvalue weighted by Gasteiger charge is -2.35. The van der Waals surface area contributed by atoms with E-state index in [1.807, 2.05) is 52.8 Å². The van der Waals surface area contributed by atoms with Crippen LogP contribution in [0.2, 0.25) is 0 Å². The number of rotatable bonds is 11. The van der Waals surface area contributed by atoms with Gasteiger partial charge in [0, 0.05) is 50.9 Å². The van der Waals surface area contributed by atoms with Crippen LogP contribution in [0.15, 0.2) is 59.5 Å². The van der Waals surface area contributed by atoms with Gasteiger partial charge in [0.25, 0.3) is 5.69 Å². The fourth-order valence-electron chi connectivity index (χ4n) is 5.26. The molecule has 1 fully saturated rings. The number of sulfonamides is 1. The van der Waals surface area contributed by atoms with E-state index in [4.69, 9.17) is 4.74 Å². The van der Waals surface area contributed by atoms with Crippen molar-refractivity contribution < 1.29 is 22.9 Å². The first-order valence-electron chi connectivity index (χ1n) is 14.1. The Morgan fingerprint density at radius 3 is 2.07 bits per heavy atom. The number of carbonyl (C=O) groups excluding carboxylic acids is 1. The van der Waals surface area contributed by atoms with Gasteiger partial charge in [-0.15, -0.1) is 0 Å². The summed E-state index contributed by atoms with van der Waals surface area (Å²) in [5, 5.41) is 11.7. The van der Waals surface area contributed by atoms with Crippen LogP contribution in [0.5, 0.6) is 0 Å². The fraction of sp³-hybridized carbons (Fsp3) is 0.567. The van der Waals surface area contributed by atoms with Gasteiger partial charge in [0.2, 0.25) is 10.0 Å². The highest BCUT2D eigenvalue weighted by Crippen LogP contribution is 2.33. The molecule has 2 atom stereocenters. The van der Waals surface area contributed by atoms with E-state index in [-0.39, 0.29) is 29.3 Å². The second-order valence-electron chi connectivity index (χ2n) is 12.3. The number of nitro benzene ring substituents is 1. The van der Waals surface area contributed by atoms with E-state index >= 15 is 0 Å². The molecule has 11 heteroatoms. The molecule has 1 aliphatic heterocycles. The molecule has 2 unspecified atom stereocenters. The van der Waals surface area contributed by atoms with Crippen LogP contribution >= 0.6 is 0 Å². The van der Waals surface area contributed by atoms with Gasteiger partial charge < -0.3 is 9.64 Å². The molecule has 0 aromatic heterocycles. The summed E-state index contributed by atoms with van der Waals surface area (Å²) < 4.78 is 34.8. The summed E-state index contributed by atoms with van der Waals surface area (Å²) in [4.78, 5) is 27.9. The topological polar surface area (TPSA) is 113 Å². The Kier molecular flexibility index (Phi) is 10.5. The van der Waals surface area contributed by atoms with Crippen LogP contribution in [-0.2, 0) is 21.3 Å². The number of para-hydroxylation sites is 1. The monoisotopic (exact) mass is 588 g/mol. The summed E-state index contributed by atoms with van der Waals surface area (Å²) in [6.07, 6.45) is -0.402. The van der Waals surface area contributed by atoms with Crippen molar-refractivity contribution in [1.29, 1.82) is 0 Å². The molecule has 3 rings (SSSR count). The maximum atomic E-state index is 13.9. The number of nitrogens with zero attached hydrogens (tertiary/aromatic N) is 4. The number of hydrogen-bond acceptors (Lipinski definition) is 7. The van der Waals surface area contributed by atoms with Crippen molar-refractivity contribution in [1.82, 2.24) is 14.1 Å². The maximum Gasteiger partial charge on any atom is 0.410 e. The Morgan fingerprint density at radius 2 is 1.54 bits per heavy atom. The molecule has 41 heavy (non-hydrogen) atoms. The normalized spacial score (nSPS) is 18.3. The minimum atomic E-state index is -4.18. The van der Waals surface area contributed by atoms with Crippen LogP contribution in [-0.4, -0.2) is 77.4 Å². The van der Waals surface area contributed by atoms with Gasteiger partial charge >= 0.3 is 6.09 Å². The molecule has 1 aliphatic rings. The standard InChI is InChI=1S/C30H44N4O6S/c1-22(2)32(29(35)40-30(5,6)7)20-25-18-31(17-24-13-9-8-10-14-24)19-26(25)21-33(23(3)4)41(38,39)28-16-12-11-15-27(28)34(36)37/h8-16,22-23,25-26H,17-21H2,1-7H3. The average Bonchev–Trinajstić information content (AvgIpc) is 3.25. The first-order valence-corrected chi connectivity index (χ1v) is 15.5. The number of likely N-dealkylation sites (tertiary alicyclic amines) is 1. The summed E-state index contributed by atoms with van der Waals surface area (Å²) in [6, 6.07) is 15.0.